The second kappa shape index (κ2) is 4.21. The van der Waals surface area contributed by atoms with E-state index in [0.29, 0.717) is 24.8 Å². The number of rotatable bonds is 4. The maximum atomic E-state index is 11.9. The molecule has 6 nitrogen and oxygen atoms in total. The number of aryl methyl sites for hydroxylation is 1. The minimum atomic E-state index is -0.348. The van der Waals surface area contributed by atoms with Crippen molar-refractivity contribution in [2.24, 2.45) is 11.1 Å². The number of hydrogen-bond acceptors (Lipinski definition) is 5. The van der Waals surface area contributed by atoms with E-state index in [4.69, 9.17) is 10.3 Å². The highest BCUT2D eigenvalue weighted by Gasteiger charge is 2.42. The van der Waals surface area contributed by atoms with Gasteiger partial charge in [0.2, 0.25) is 11.8 Å². The first-order chi connectivity index (χ1) is 7.66. The van der Waals surface area contributed by atoms with Crippen LogP contribution in [0.25, 0.3) is 0 Å². The molecule has 1 fully saturated rings. The highest BCUT2D eigenvalue weighted by molar-refractivity contribution is 5.83. The predicted octanol–water partition coefficient (Wildman–Crippen LogP) is 0.123. The van der Waals surface area contributed by atoms with Crippen LogP contribution in [0, 0.1) is 12.3 Å². The van der Waals surface area contributed by atoms with Gasteiger partial charge in [-0.05, 0) is 12.8 Å². The van der Waals surface area contributed by atoms with Crippen molar-refractivity contribution in [3.63, 3.8) is 0 Å². The molecule has 1 aromatic rings. The van der Waals surface area contributed by atoms with Crippen molar-refractivity contribution < 1.29 is 9.32 Å². The largest absolute Gasteiger partial charge is 0.348 e. The van der Waals surface area contributed by atoms with Crippen molar-refractivity contribution in [2.45, 2.75) is 32.7 Å². The van der Waals surface area contributed by atoms with E-state index >= 15 is 0 Å². The summed E-state index contributed by atoms with van der Waals surface area (Å²) in [4.78, 5) is 15.9. The van der Waals surface area contributed by atoms with E-state index in [1.54, 1.807) is 6.92 Å². The highest BCUT2D eigenvalue weighted by Crippen LogP contribution is 2.39. The zero-order chi connectivity index (χ0) is 11.6. The third kappa shape index (κ3) is 1.92. The van der Waals surface area contributed by atoms with Crippen LogP contribution in [-0.2, 0) is 11.3 Å². The molecular weight excluding hydrogens is 208 g/mol. The van der Waals surface area contributed by atoms with Crippen LogP contribution in [0.15, 0.2) is 4.52 Å². The molecule has 16 heavy (non-hydrogen) atoms. The van der Waals surface area contributed by atoms with Crippen LogP contribution in [-0.4, -0.2) is 22.6 Å². The van der Waals surface area contributed by atoms with Gasteiger partial charge in [0, 0.05) is 13.5 Å². The Labute approximate surface area is 93.6 Å². The van der Waals surface area contributed by atoms with Gasteiger partial charge in [-0.2, -0.15) is 4.98 Å². The van der Waals surface area contributed by atoms with Gasteiger partial charge in [0.15, 0.2) is 5.82 Å². The Morgan fingerprint density at radius 3 is 2.81 bits per heavy atom. The lowest BCUT2D eigenvalue weighted by molar-refractivity contribution is -0.135. The van der Waals surface area contributed by atoms with Gasteiger partial charge < -0.3 is 15.6 Å². The summed E-state index contributed by atoms with van der Waals surface area (Å²) >= 11 is 0. The van der Waals surface area contributed by atoms with Crippen molar-refractivity contribution >= 4 is 5.91 Å². The lowest BCUT2D eigenvalue weighted by atomic mass is 9.68. The van der Waals surface area contributed by atoms with E-state index in [1.807, 2.05) is 0 Å². The number of aromatic nitrogens is 2. The van der Waals surface area contributed by atoms with Crippen LogP contribution in [0.2, 0.25) is 0 Å². The molecule has 1 amide bonds. The van der Waals surface area contributed by atoms with E-state index in [2.05, 4.69) is 15.5 Å². The molecule has 1 aromatic heterocycles. The van der Waals surface area contributed by atoms with Crippen molar-refractivity contribution in [1.29, 1.82) is 0 Å². The molecular formula is C10H16N4O2. The molecule has 2 rings (SSSR count). The fourth-order valence-corrected chi connectivity index (χ4v) is 1.89. The molecule has 1 saturated carbocycles. The Morgan fingerprint density at radius 2 is 2.38 bits per heavy atom. The summed E-state index contributed by atoms with van der Waals surface area (Å²) in [6.07, 6.45) is 2.83. The van der Waals surface area contributed by atoms with Crippen LogP contribution in [0.4, 0.5) is 0 Å². The van der Waals surface area contributed by atoms with Crippen molar-refractivity contribution in [1.82, 2.24) is 15.5 Å². The van der Waals surface area contributed by atoms with Gasteiger partial charge >= 0.3 is 0 Å². The second-order valence-corrected chi connectivity index (χ2v) is 4.25. The SMILES string of the molecule is Cc1nc(CNC(=O)C2(CN)CCC2)no1. The standard InChI is InChI=1S/C10H16N4O2/c1-7-13-8(14-16-7)5-12-9(15)10(6-11)3-2-4-10/h2-6,11H2,1H3,(H,12,15). The van der Waals surface area contributed by atoms with E-state index in [0.717, 1.165) is 19.3 Å². The maximum absolute atomic E-state index is 11.9. The zero-order valence-electron chi connectivity index (χ0n) is 9.32. The molecule has 1 heterocycles. The second-order valence-electron chi connectivity index (χ2n) is 4.25. The summed E-state index contributed by atoms with van der Waals surface area (Å²) < 4.78 is 4.81. The van der Waals surface area contributed by atoms with E-state index < -0.39 is 0 Å². The van der Waals surface area contributed by atoms with Gasteiger partial charge in [-0.3, -0.25) is 4.79 Å². The van der Waals surface area contributed by atoms with E-state index in [1.165, 1.54) is 0 Å². The summed E-state index contributed by atoms with van der Waals surface area (Å²) in [5, 5.41) is 6.51. The molecule has 0 aliphatic heterocycles. The molecule has 0 unspecified atom stereocenters. The van der Waals surface area contributed by atoms with Crippen LogP contribution < -0.4 is 11.1 Å². The molecule has 88 valence electrons. The monoisotopic (exact) mass is 224 g/mol. The topological polar surface area (TPSA) is 94.0 Å². The quantitative estimate of drug-likeness (QED) is 0.757. The molecule has 0 atom stereocenters. The van der Waals surface area contributed by atoms with Crippen molar-refractivity contribution in [3.8, 4) is 0 Å². The number of nitrogens with zero attached hydrogens (tertiary/aromatic N) is 2. The predicted molar refractivity (Wildman–Crippen MR) is 56.2 cm³/mol. The van der Waals surface area contributed by atoms with Crippen LogP contribution in [0.3, 0.4) is 0 Å². The van der Waals surface area contributed by atoms with Gasteiger partial charge in [-0.25, -0.2) is 0 Å². The molecule has 0 spiro atoms. The summed E-state index contributed by atoms with van der Waals surface area (Å²) in [5.74, 6) is 1.00. The van der Waals surface area contributed by atoms with Crippen LogP contribution >= 0.6 is 0 Å². The minimum absolute atomic E-state index is 0.00343. The maximum Gasteiger partial charge on any atom is 0.227 e. The molecule has 6 heteroatoms. The number of nitrogens with one attached hydrogen (secondary N) is 1. The van der Waals surface area contributed by atoms with E-state index in [-0.39, 0.29) is 11.3 Å². The number of nitrogens with two attached hydrogens (primary N) is 1. The summed E-state index contributed by atoms with van der Waals surface area (Å²) in [5.41, 5.74) is 5.28. The first-order valence-electron chi connectivity index (χ1n) is 5.44. The number of carbonyl (C=O) groups excluding carboxylic acids is 1. The summed E-state index contributed by atoms with van der Waals surface area (Å²) in [7, 11) is 0. The van der Waals surface area contributed by atoms with Gasteiger partial charge in [-0.15, -0.1) is 0 Å². The Morgan fingerprint density at radius 1 is 1.62 bits per heavy atom. The van der Waals surface area contributed by atoms with Crippen LogP contribution in [0.5, 0.6) is 0 Å². The number of carbonyl (C=O) groups is 1. The Hall–Kier alpha value is -1.43. The van der Waals surface area contributed by atoms with Gasteiger partial charge in [0.05, 0.1) is 12.0 Å². The molecule has 3 N–H and O–H groups in total. The molecule has 0 bridgehead atoms. The third-order valence-corrected chi connectivity index (χ3v) is 3.16. The number of hydrogen-bond donors (Lipinski definition) is 2. The average Bonchev–Trinajstić information content (AvgIpc) is 2.60. The average molecular weight is 224 g/mol. The van der Waals surface area contributed by atoms with Gasteiger partial charge in [0.25, 0.3) is 0 Å². The first-order valence-corrected chi connectivity index (χ1v) is 5.44. The highest BCUT2D eigenvalue weighted by atomic mass is 16.5. The molecule has 1 aliphatic rings. The van der Waals surface area contributed by atoms with Crippen molar-refractivity contribution in [3.05, 3.63) is 11.7 Å². The van der Waals surface area contributed by atoms with Gasteiger partial charge in [-0.1, -0.05) is 11.6 Å². The van der Waals surface area contributed by atoms with Crippen molar-refractivity contribution in [2.75, 3.05) is 6.54 Å². The Balaban J connectivity index is 1.88. The Bertz CT molecular complexity index is 378. The first kappa shape index (κ1) is 11.1. The summed E-state index contributed by atoms with van der Waals surface area (Å²) in [6.45, 7) is 2.42. The molecule has 0 saturated heterocycles. The normalized spacial score (nSPS) is 17.9. The fraction of sp³-hybridized carbons (Fsp3) is 0.700. The van der Waals surface area contributed by atoms with Gasteiger partial charge in [0.1, 0.15) is 0 Å². The smallest absolute Gasteiger partial charge is 0.227 e. The minimum Gasteiger partial charge on any atom is -0.348 e. The van der Waals surface area contributed by atoms with Crippen LogP contribution in [0.1, 0.15) is 31.0 Å². The zero-order valence-corrected chi connectivity index (χ0v) is 9.32. The number of amides is 1. The lowest BCUT2D eigenvalue weighted by Gasteiger charge is -2.38. The Kier molecular flexibility index (Phi) is 2.91. The lowest BCUT2D eigenvalue weighted by Crippen LogP contribution is -2.50. The third-order valence-electron chi connectivity index (χ3n) is 3.16. The summed E-state index contributed by atoms with van der Waals surface area (Å²) in [6, 6.07) is 0. The fourth-order valence-electron chi connectivity index (χ4n) is 1.89. The molecule has 0 aromatic carbocycles. The molecule has 1 aliphatic carbocycles. The molecule has 0 radical (unpaired) electrons. The van der Waals surface area contributed by atoms with E-state index in [9.17, 15) is 4.79 Å².